The van der Waals surface area contributed by atoms with E-state index in [0.29, 0.717) is 0 Å². The van der Waals surface area contributed by atoms with Crippen LogP contribution >= 0.6 is 11.5 Å². The summed E-state index contributed by atoms with van der Waals surface area (Å²) >= 11 is 1.24. The van der Waals surface area contributed by atoms with E-state index >= 15 is 0 Å². The van der Waals surface area contributed by atoms with Crippen molar-refractivity contribution in [2.24, 2.45) is 0 Å². The molecule has 0 saturated heterocycles. The van der Waals surface area contributed by atoms with Crippen molar-refractivity contribution in [3.8, 4) is 5.75 Å². The Morgan fingerprint density at radius 1 is 1.37 bits per heavy atom. The molecule has 0 amide bonds. The maximum atomic E-state index is 10.6. The third kappa shape index (κ3) is 2.48. The van der Waals surface area contributed by atoms with Gasteiger partial charge in [-0.2, -0.15) is 0 Å². The predicted octanol–water partition coefficient (Wildman–Crippen LogP) is 2.81. The van der Waals surface area contributed by atoms with Crippen molar-refractivity contribution in [2.75, 3.05) is 7.11 Å². The van der Waals surface area contributed by atoms with Crippen molar-refractivity contribution in [1.82, 2.24) is 9.59 Å². The highest BCUT2D eigenvalue weighted by Crippen LogP contribution is 2.36. The summed E-state index contributed by atoms with van der Waals surface area (Å²) in [6.07, 6.45) is 0.0278. The number of aliphatic hydroxyl groups is 1. The number of nitrogens with zero attached hydrogens (tertiary/aromatic N) is 2. The minimum Gasteiger partial charge on any atom is -0.496 e. The Morgan fingerprint density at radius 3 is 2.74 bits per heavy atom. The smallest absolute Gasteiger partial charge is 0.128 e. The fourth-order valence-corrected chi connectivity index (χ4v) is 2.85. The molecule has 2 aromatic rings. The molecule has 102 valence electrons. The quantitative estimate of drug-likeness (QED) is 0.934. The predicted molar refractivity (Wildman–Crippen MR) is 75.8 cm³/mol. The molecule has 1 N–H and O–H groups in total. The fourth-order valence-electron chi connectivity index (χ4n) is 2.11. The first-order chi connectivity index (χ1) is 9.10. The summed E-state index contributed by atoms with van der Waals surface area (Å²) in [7, 11) is 1.63. The van der Waals surface area contributed by atoms with E-state index < -0.39 is 6.10 Å². The minimum absolute atomic E-state index is 0.732. The first-order valence-electron chi connectivity index (χ1n) is 6.23. The molecule has 1 aromatic carbocycles. The molecular weight excluding hydrogens is 260 g/mol. The molecule has 0 fully saturated rings. The lowest BCUT2D eigenvalue weighted by molar-refractivity contribution is 0.217. The van der Waals surface area contributed by atoms with E-state index in [0.717, 1.165) is 39.4 Å². The molecule has 0 aliphatic rings. The Morgan fingerprint density at radius 2 is 2.11 bits per heavy atom. The maximum absolute atomic E-state index is 10.6. The largest absolute Gasteiger partial charge is 0.496 e. The summed E-state index contributed by atoms with van der Waals surface area (Å²) in [6, 6.07) is 3.90. The lowest BCUT2D eigenvalue weighted by Crippen LogP contribution is -2.05. The van der Waals surface area contributed by atoms with Gasteiger partial charge in [-0.1, -0.05) is 23.5 Å². The topological polar surface area (TPSA) is 55.2 Å². The maximum Gasteiger partial charge on any atom is 0.128 e. The van der Waals surface area contributed by atoms with Gasteiger partial charge < -0.3 is 9.84 Å². The van der Waals surface area contributed by atoms with Crippen LogP contribution < -0.4 is 4.74 Å². The van der Waals surface area contributed by atoms with Crippen LogP contribution in [0.1, 0.15) is 40.3 Å². The molecule has 0 bridgehead atoms. The van der Waals surface area contributed by atoms with E-state index in [9.17, 15) is 5.11 Å². The molecule has 4 nitrogen and oxygen atoms in total. The zero-order chi connectivity index (χ0) is 14.0. The second-order valence-corrected chi connectivity index (χ2v) is 5.26. The molecule has 19 heavy (non-hydrogen) atoms. The zero-order valence-electron chi connectivity index (χ0n) is 11.6. The molecule has 1 unspecified atom stereocenters. The van der Waals surface area contributed by atoms with E-state index in [1.807, 2.05) is 32.9 Å². The molecule has 2 rings (SSSR count). The number of rotatable bonds is 4. The molecule has 0 aliphatic carbocycles. The first-order valence-corrected chi connectivity index (χ1v) is 7.00. The Bertz CT molecular complexity index is 581. The molecule has 0 radical (unpaired) electrons. The number of methoxy groups -OCH3 is 1. The average molecular weight is 278 g/mol. The van der Waals surface area contributed by atoms with Crippen LogP contribution in [0.2, 0.25) is 0 Å². The summed E-state index contributed by atoms with van der Waals surface area (Å²) in [5.74, 6) is 0.739. The van der Waals surface area contributed by atoms with Gasteiger partial charge in [0.05, 0.1) is 17.7 Å². The Balaban J connectivity index is 2.50. The number of hydrogen-bond donors (Lipinski definition) is 1. The molecule has 0 saturated carbocycles. The van der Waals surface area contributed by atoms with Crippen molar-refractivity contribution in [2.45, 2.75) is 33.3 Å². The summed E-state index contributed by atoms with van der Waals surface area (Å²) in [6.45, 7) is 6.03. The van der Waals surface area contributed by atoms with E-state index in [1.165, 1.54) is 11.5 Å². The van der Waals surface area contributed by atoms with E-state index in [2.05, 4.69) is 9.59 Å². The summed E-state index contributed by atoms with van der Waals surface area (Å²) in [5.41, 5.74) is 3.81. The SMILES string of the molecule is CCc1nnsc1C(O)c1ccc(C)c(C)c1OC. The van der Waals surface area contributed by atoms with Gasteiger partial charge in [0.1, 0.15) is 11.9 Å². The van der Waals surface area contributed by atoms with Gasteiger partial charge in [0, 0.05) is 5.56 Å². The standard InChI is InChI=1S/C14H18N2O2S/c1-5-11-14(19-16-15-11)12(17)10-7-6-8(2)9(3)13(10)18-4/h6-7,12,17H,5H2,1-4H3. The lowest BCUT2D eigenvalue weighted by Gasteiger charge is -2.17. The highest BCUT2D eigenvalue weighted by atomic mass is 32.1. The van der Waals surface area contributed by atoms with Crippen LogP contribution in [0.4, 0.5) is 0 Å². The van der Waals surface area contributed by atoms with Crippen LogP contribution in [-0.4, -0.2) is 21.8 Å². The van der Waals surface area contributed by atoms with Crippen LogP contribution in [0, 0.1) is 13.8 Å². The minimum atomic E-state index is -0.732. The first kappa shape index (κ1) is 14.0. The van der Waals surface area contributed by atoms with Crippen LogP contribution in [0.15, 0.2) is 12.1 Å². The van der Waals surface area contributed by atoms with E-state index in [4.69, 9.17) is 4.74 Å². The number of ether oxygens (including phenoxy) is 1. The van der Waals surface area contributed by atoms with Crippen LogP contribution in [0.5, 0.6) is 5.75 Å². The van der Waals surface area contributed by atoms with Crippen LogP contribution in [0.25, 0.3) is 0 Å². The molecule has 1 aromatic heterocycles. The monoisotopic (exact) mass is 278 g/mol. The lowest BCUT2D eigenvalue weighted by atomic mass is 9.99. The Hall–Kier alpha value is -1.46. The van der Waals surface area contributed by atoms with Crippen LogP contribution in [-0.2, 0) is 6.42 Å². The number of benzene rings is 1. The van der Waals surface area contributed by atoms with Crippen LogP contribution in [0.3, 0.4) is 0 Å². The molecule has 0 spiro atoms. The second-order valence-electron chi connectivity index (χ2n) is 4.47. The number of hydrogen-bond acceptors (Lipinski definition) is 5. The van der Waals surface area contributed by atoms with Crippen molar-refractivity contribution >= 4 is 11.5 Å². The van der Waals surface area contributed by atoms with Crippen molar-refractivity contribution in [3.05, 3.63) is 39.4 Å². The number of aliphatic hydroxyl groups excluding tert-OH is 1. The van der Waals surface area contributed by atoms with Crippen molar-refractivity contribution in [3.63, 3.8) is 0 Å². The van der Waals surface area contributed by atoms with E-state index in [-0.39, 0.29) is 0 Å². The fraction of sp³-hybridized carbons (Fsp3) is 0.429. The molecular formula is C14H18N2O2S. The molecule has 1 heterocycles. The summed E-state index contributed by atoms with van der Waals surface area (Å²) < 4.78 is 9.38. The highest BCUT2D eigenvalue weighted by molar-refractivity contribution is 7.05. The van der Waals surface area contributed by atoms with Gasteiger partial charge in [-0.3, -0.25) is 0 Å². The van der Waals surface area contributed by atoms with Crippen molar-refractivity contribution in [1.29, 1.82) is 0 Å². The van der Waals surface area contributed by atoms with Gasteiger partial charge in [-0.25, -0.2) is 0 Å². The molecule has 1 atom stereocenters. The van der Waals surface area contributed by atoms with Gasteiger partial charge in [-0.15, -0.1) is 5.10 Å². The average Bonchev–Trinajstić information content (AvgIpc) is 2.89. The highest BCUT2D eigenvalue weighted by Gasteiger charge is 2.22. The number of aromatic nitrogens is 2. The Kier molecular flexibility index (Phi) is 4.17. The normalized spacial score (nSPS) is 12.5. The Labute approximate surface area is 117 Å². The zero-order valence-corrected chi connectivity index (χ0v) is 12.4. The third-order valence-corrected chi connectivity index (χ3v) is 4.19. The van der Waals surface area contributed by atoms with Gasteiger partial charge in [0.25, 0.3) is 0 Å². The molecule has 0 aliphatic heterocycles. The molecule has 5 heteroatoms. The van der Waals surface area contributed by atoms with Gasteiger partial charge in [0.2, 0.25) is 0 Å². The van der Waals surface area contributed by atoms with Gasteiger partial charge in [-0.05, 0) is 42.9 Å². The summed E-state index contributed by atoms with van der Waals surface area (Å²) in [5, 5.41) is 14.6. The second kappa shape index (κ2) is 5.67. The third-order valence-electron chi connectivity index (χ3n) is 3.37. The van der Waals surface area contributed by atoms with Gasteiger partial charge in [0.15, 0.2) is 0 Å². The van der Waals surface area contributed by atoms with Crippen molar-refractivity contribution < 1.29 is 9.84 Å². The van der Waals surface area contributed by atoms with Gasteiger partial charge >= 0.3 is 0 Å². The number of aryl methyl sites for hydroxylation is 2. The summed E-state index contributed by atoms with van der Waals surface area (Å²) in [4.78, 5) is 0.795. The van der Waals surface area contributed by atoms with E-state index in [1.54, 1.807) is 7.11 Å².